The van der Waals surface area contributed by atoms with Crippen molar-refractivity contribution in [1.82, 2.24) is 14.9 Å². The van der Waals surface area contributed by atoms with Crippen molar-refractivity contribution in [3.05, 3.63) is 23.0 Å². The summed E-state index contributed by atoms with van der Waals surface area (Å²) in [7, 11) is 0. The first-order valence-electron chi connectivity index (χ1n) is 4.04. The Hall–Kier alpha value is -2.02. The summed E-state index contributed by atoms with van der Waals surface area (Å²) >= 11 is 4.83. The standard InChI is InChI=1S/C8H8N4O2S/c9-12-7(10-11-8(12)15)5-3-4(13)1-2-6(5)14/h1-3,13-14H,9H2,(H,11,15). The molecule has 2 rings (SSSR count). The van der Waals surface area contributed by atoms with Crippen molar-refractivity contribution in [1.29, 1.82) is 0 Å². The molecule has 78 valence electrons. The lowest BCUT2D eigenvalue weighted by atomic mass is 10.2. The van der Waals surface area contributed by atoms with Crippen LogP contribution in [-0.2, 0) is 0 Å². The molecule has 5 N–H and O–H groups in total. The Bertz CT molecular complexity index is 560. The van der Waals surface area contributed by atoms with Crippen molar-refractivity contribution in [3.8, 4) is 22.9 Å². The van der Waals surface area contributed by atoms with E-state index in [0.717, 1.165) is 4.68 Å². The molecule has 6 nitrogen and oxygen atoms in total. The van der Waals surface area contributed by atoms with Crippen molar-refractivity contribution >= 4 is 12.2 Å². The van der Waals surface area contributed by atoms with E-state index in [2.05, 4.69) is 10.2 Å². The molecule has 0 spiro atoms. The molecule has 0 unspecified atom stereocenters. The maximum atomic E-state index is 9.55. The van der Waals surface area contributed by atoms with Gasteiger partial charge in [-0.2, -0.15) is 5.10 Å². The zero-order chi connectivity index (χ0) is 11.0. The average molecular weight is 224 g/mol. The number of aromatic nitrogens is 3. The lowest BCUT2D eigenvalue weighted by Gasteiger charge is -2.03. The van der Waals surface area contributed by atoms with Crippen LogP contribution in [0, 0.1) is 4.77 Å². The third kappa shape index (κ3) is 1.52. The smallest absolute Gasteiger partial charge is 0.214 e. The molecular formula is C8H8N4O2S. The Labute approximate surface area is 89.6 Å². The summed E-state index contributed by atoms with van der Waals surface area (Å²) in [5.74, 6) is 5.81. The number of nitrogens with one attached hydrogen (secondary N) is 1. The van der Waals surface area contributed by atoms with Gasteiger partial charge in [0.25, 0.3) is 0 Å². The van der Waals surface area contributed by atoms with Crippen LogP contribution in [0.1, 0.15) is 0 Å². The van der Waals surface area contributed by atoms with E-state index in [1.807, 2.05) is 0 Å². The van der Waals surface area contributed by atoms with Gasteiger partial charge in [-0.15, -0.1) is 0 Å². The number of hydrogen-bond donors (Lipinski definition) is 4. The van der Waals surface area contributed by atoms with E-state index in [9.17, 15) is 10.2 Å². The molecule has 0 bridgehead atoms. The summed E-state index contributed by atoms with van der Waals surface area (Å²) in [6, 6.07) is 4.06. The highest BCUT2D eigenvalue weighted by atomic mass is 32.1. The van der Waals surface area contributed by atoms with Gasteiger partial charge in [-0.05, 0) is 30.4 Å². The molecule has 0 saturated carbocycles. The Kier molecular flexibility index (Phi) is 2.09. The van der Waals surface area contributed by atoms with Crippen LogP contribution >= 0.6 is 12.2 Å². The van der Waals surface area contributed by atoms with Crippen molar-refractivity contribution in [2.24, 2.45) is 0 Å². The number of hydrogen-bond acceptors (Lipinski definition) is 5. The van der Waals surface area contributed by atoms with Gasteiger partial charge < -0.3 is 16.1 Å². The fourth-order valence-electron chi connectivity index (χ4n) is 1.20. The van der Waals surface area contributed by atoms with Gasteiger partial charge in [0, 0.05) is 0 Å². The number of aromatic hydroxyl groups is 2. The van der Waals surface area contributed by atoms with E-state index in [0.29, 0.717) is 5.56 Å². The highest BCUT2D eigenvalue weighted by molar-refractivity contribution is 7.71. The Morgan fingerprint density at radius 3 is 2.73 bits per heavy atom. The molecule has 1 aromatic heterocycles. The van der Waals surface area contributed by atoms with E-state index in [1.165, 1.54) is 18.2 Å². The second-order valence-electron chi connectivity index (χ2n) is 2.92. The third-order valence-electron chi connectivity index (χ3n) is 1.93. The molecule has 0 saturated heterocycles. The van der Waals surface area contributed by atoms with Crippen LogP contribution in [0.3, 0.4) is 0 Å². The fourth-order valence-corrected chi connectivity index (χ4v) is 1.33. The third-order valence-corrected chi connectivity index (χ3v) is 2.21. The van der Waals surface area contributed by atoms with E-state index in [1.54, 1.807) is 0 Å². The van der Waals surface area contributed by atoms with Gasteiger partial charge in [-0.25, -0.2) is 9.77 Å². The van der Waals surface area contributed by atoms with Crippen molar-refractivity contribution in [3.63, 3.8) is 0 Å². The molecule has 2 aromatic rings. The molecule has 15 heavy (non-hydrogen) atoms. The van der Waals surface area contributed by atoms with Crippen LogP contribution in [0.2, 0.25) is 0 Å². The Morgan fingerprint density at radius 1 is 1.40 bits per heavy atom. The second-order valence-corrected chi connectivity index (χ2v) is 3.31. The van der Waals surface area contributed by atoms with Crippen LogP contribution in [0.4, 0.5) is 0 Å². The van der Waals surface area contributed by atoms with E-state index >= 15 is 0 Å². The highest BCUT2D eigenvalue weighted by Gasteiger charge is 2.11. The van der Waals surface area contributed by atoms with Gasteiger partial charge >= 0.3 is 0 Å². The van der Waals surface area contributed by atoms with Crippen molar-refractivity contribution in [2.75, 3.05) is 5.84 Å². The highest BCUT2D eigenvalue weighted by Crippen LogP contribution is 2.29. The van der Waals surface area contributed by atoms with Crippen LogP contribution < -0.4 is 5.84 Å². The second kappa shape index (κ2) is 3.28. The molecule has 1 aromatic carbocycles. The van der Waals surface area contributed by atoms with E-state index in [-0.39, 0.29) is 22.1 Å². The van der Waals surface area contributed by atoms with Crippen LogP contribution in [-0.4, -0.2) is 25.1 Å². The lowest BCUT2D eigenvalue weighted by Crippen LogP contribution is -2.09. The summed E-state index contributed by atoms with van der Waals surface area (Å²) in [6.07, 6.45) is 0. The van der Waals surface area contributed by atoms with Gasteiger partial charge in [0.15, 0.2) is 5.82 Å². The van der Waals surface area contributed by atoms with Crippen molar-refractivity contribution < 1.29 is 10.2 Å². The molecule has 0 fully saturated rings. The summed E-state index contributed by atoms with van der Waals surface area (Å²) in [6.45, 7) is 0. The number of rotatable bonds is 1. The van der Waals surface area contributed by atoms with E-state index < -0.39 is 0 Å². The summed E-state index contributed by atoms with van der Waals surface area (Å²) < 4.78 is 1.34. The minimum atomic E-state index is -0.0338. The minimum absolute atomic E-state index is 0.0109. The zero-order valence-corrected chi connectivity index (χ0v) is 8.32. The molecule has 1 heterocycles. The molecule has 7 heteroatoms. The number of nitrogens with two attached hydrogens (primary N) is 1. The van der Waals surface area contributed by atoms with Gasteiger partial charge in [0.2, 0.25) is 4.77 Å². The molecular weight excluding hydrogens is 216 g/mol. The monoisotopic (exact) mass is 224 g/mol. The summed E-state index contributed by atoms with van der Waals surface area (Å²) in [5.41, 5.74) is 0.310. The first-order chi connectivity index (χ1) is 7.09. The van der Waals surface area contributed by atoms with E-state index in [4.69, 9.17) is 18.1 Å². The van der Waals surface area contributed by atoms with Gasteiger partial charge in [0.1, 0.15) is 11.5 Å². The fraction of sp³-hybridized carbons (Fsp3) is 0. The van der Waals surface area contributed by atoms with Crippen LogP contribution in [0.15, 0.2) is 18.2 Å². The number of aromatic amines is 1. The molecule has 0 aliphatic rings. The van der Waals surface area contributed by atoms with Crippen LogP contribution in [0.5, 0.6) is 11.5 Å². The van der Waals surface area contributed by atoms with Gasteiger partial charge in [-0.1, -0.05) is 0 Å². The Morgan fingerprint density at radius 2 is 2.13 bits per heavy atom. The zero-order valence-electron chi connectivity index (χ0n) is 7.51. The van der Waals surface area contributed by atoms with Crippen molar-refractivity contribution in [2.45, 2.75) is 0 Å². The first-order valence-corrected chi connectivity index (χ1v) is 4.45. The summed E-state index contributed by atoms with van der Waals surface area (Å²) in [5, 5.41) is 25.1. The molecule has 0 radical (unpaired) electrons. The SMILES string of the molecule is Nn1c(-c2cc(O)ccc2O)n[nH]c1=S. The average Bonchev–Trinajstić information content (AvgIpc) is 2.52. The predicted molar refractivity (Wildman–Crippen MR) is 56.3 cm³/mol. The maximum absolute atomic E-state index is 9.55. The Balaban J connectivity index is 2.68. The number of H-pyrrole nitrogens is 1. The largest absolute Gasteiger partial charge is 0.508 e. The number of benzene rings is 1. The quantitative estimate of drug-likeness (QED) is 0.325. The maximum Gasteiger partial charge on any atom is 0.214 e. The molecule has 0 atom stereocenters. The summed E-state index contributed by atoms with van der Waals surface area (Å²) in [4.78, 5) is 0. The molecule has 0 amide bonds. The number of phenols is 2. The lowest BCUT2D eigenvalue weighted by molar-refractivity contribution is 0.461. The van der Waals surface area contributed by atoms with Crippen LogP contribution in [0.25, 0.3) is 11.4 Å². The minimum Gasteiger partial charge on any atom is -0.508 e. The number of phenolic OH excluding ortho intramolecular Hbond substituents is 2. The normalized spacial score (nSPS) is 10.4. The predicted octanol–water partition coefficient (Wildman–Crippen LogP) is 0.733. The first kappa shape index (κ1) is 9.53. The number of nitrogens with zero attached hydrogens (tertiary/aromatic N) is 2. The number of nitrogen functional groups attached to an aromatic ring is 1. The van der Waals surface area contributed by atoms with Gasteiger partial charge in [-0.3, -0.25) is 0 Å². The molecule has 0 aliphatic carbocycles. The van der Waals surface area contributed by atoms with Gasteiger partial charge in [0.05, 0.1) is 5.56 Å². The topological polar surface area (TPSA) is 100 Å². The molecule has 0 aliphatic heterocycles.